The molecule has 2 N–H and O–H groups in total. The van der Waals surface area contributed by atoms with Gasteiger partial charge >= 0.3 is 11.7 Å². The minimum absolute atomic E-state index is 0.121. The van der Waals surface area contributed by atoms with Crippen LogP contribution in [0.15, 0.2) is 12.4 Å². The Kier molecular flexibility index (Phi) is 6.02. The predicted molar refractivity (Wildman–Crippen MR) is 77.3 cm³/mol. The van der Waals surface area contributed by atoms with Crippen LogP contribution in [0.1, 0.15) is 39.5 Å². The van der Waals surface area contributed by atoms with Crippen molar-refractivity contribution in [1.82, 2.24) is 15.1 Å². The highest BCUT2D eigenvalue weighted by atomic mass is 16.6. The molecule has 0 unspecified atom stereocenters. The average molecular weight is 312 g/mol. The van der Waals surface area contributed by atoms with Crippen LogP contribution in [0.4, 0.5) is 5.69 Å². The van der Waals surface area contributed by atoms with Crippen molar-refractivity contribution in [1.29, 1.82) is 0 Å². The second-order valence-electron chi connectivity index (χ2n) is 5.42. The summed E-state index contributed by atoms with van der Waals surface area (Å²) in [5.74, 6) is -1.13. The molecular weight excluding hydrogens is 292 g/mol. The van der Waals surface area contributed by atoms with Gasteiger partial charge in [0.2, 0.25) is 5.91 Å². The van der Waals surface area contributed by atoms with E-state index < -0.39 is 16.4 Å². The number of carboxylic acid groups (broad SMARTS) is 1. The molecule has 0 spiro atoms. The van der Waals surface area contributed by atoms with Crippen LogP contribution in [0.2, 0.25) is 0 Å². The van der Waals surface area contributed by atoms with Gasteiger partial charge in [-0.15, -0.1) is 0 Å². The summed E-state index contributed by atoms with van der Waals surface area (Å²) < 4.78 is 1.25. The summed E-state index contributed by atoms with van der Waals surface area (Å²) in [6.07, 6.45) is 4.39. The molecule has 9 nitrogen and oxygen atoms in total. The number of aromatic nitrogens is 2. The van der Waals surface area contributed by atoms with Gasteiger partial charge in [0.25, 0.3) is 0 Å². The monoisotopic (exact) mass is 312 g/mol. The molecule has 0 saturated heterocycles. The first-order chi connectivity index (χ1) is 10.2. The third-order valence-corrected chi connectivity index (χ3v) is 3.26. The van der Waals surface area contributed by atoms with Crippen LogP contribution in [0.5, 0.6) is 0 Å². The van der Waals surface area contributed by atoms with E-state index in [1.165, 1.54) is 10.9 Å². The summed E-state index contributed by atoms with van der Waals surface area (Å²) in [5, 5.41) is 25.7. The third-order valence-electron chi connectivity index (χ3n) is 3.26. The summed E-state index contributed by atoms with van der Waals surface area (Å²) in [6, 6.07) is 0. The van der Waals surface area contributed by atoms with E-state index in [1.807, 2.05) is 0 Å². The van der Waals surface area contributed by atoms with Crippen molar-refractivity contribution in [3.05, 3.63) is 22.5 Å². The SMILES string of the molecule is CC(C)(C(=O)NCCCCCC(=O)O)n1cc([N+](=O)[O-])cn1. The van der Waals surface area contributed by atoms with Crippen molar-refractivity contribution in [3.63, 3.8) is 0 Å². The largest absolute Gasteiger partial charge is 0.481 e. The highest BCUT2D eigenvalue weighted by Crippen LogP contribution is 2.18. The maximum absolute atomic E-state index is 12.1. The molecule has 122 valence electrons. The summed E-state index contributed by atoms with van der Waals surface area (Å²) in [4.78, 5) is 32.6. The Morgan fingerprint density at radius 1 is 1.41 bits per heavy atom. The molecule has 0 aliphatic heterocycles. The summed E-state index contributed by atoms with van der Waals surface area (Å²) in [5.41, 5.74) is -1.22. The highest BCUT2D eigenvalue weighted by Gasteiger charge is 2.31. The fourth-order valence-electron chi connectivity index (χ4n) is 1.81. The first kappa shape index (κ1) is 17.6. The van der Waals surface area contributed by atoms with Gasteiger partial charge in [-0.25, -0.2) is 0 Å². The van der Waals surface area contributed by atoms with E-state index in [1.54, 1.807) is 13.8 Å². The van der Waals surface area contributed by atoms with Crippen molar-refractivity contribution in [2.75, 3.05) is 6.54 Å². The van der Waals surface area contributed by atoms with Gasteiger partial charge in [0.1, 0.15) is 17.9 Å². The zero-order valence-electron chi connectivity index (χ0n) is 12.6. The molecule has 0 saturated carbocycles. The quantitative estimate of drug-likeness (QED) is 0.402. The van der Waals surface area contributed by atoms with Crippen LogP contribution < -0.4 is 5.32 Å². The molecule has 1 rings (SSSR count). The van der Waals surface area contributed by atoms with Crippen LogP contribution in [0, 0.1) is 10.1 Å². The fourth-order valence-corrected chi connectivity index (χ4v) is 1.81. The Bertz CT molecular complexity index is 552. The maximum Gasteiger partial charge on any atom is 0.307 e. The first-order valence-electron chi connectivity index (χ1n) is 6.95. The van der Waals surface area contributed by atoms with E-state index in [0.717, 1.165) is 6.20 Å². The molecule has 1 aromatic heterocycles. The lowest BCUT2D eigenvalue weighted by atomic mass is 10.0. The van der Waals surface area contributed by atoms with E-state index in [-0.39, 0.29) is 18.0 Å². The van der Waals surface area contributed by atoms with Crippen molar-refractivity contribution in [3.8, 4) is 0 Å². The first-order valence-corrected chi connectivity index (χ1v) is 6.95. The normalized spacial score (nSPS) is 11.2. The van der Waals surface area contributed by atoms with Crippen LogP contribution in [-0.4, -0.2) is 38.2 Å². The topological polar surface area (TPSA) is 127 Å². The van der Waals surface area contributed by atoms with Crippen molar-refractivity contribution < 1.29 is 19.6 Å². The number of nitrogens with one attached hydrogen (secondary N) is 1. The molecule has 0 aromatic carbocycles. The molecule has 22 heavy (non-hydrogen) atoms. The zero-order chi connectivity index (χ0) is 16.8. The molecule has 0 aliphatic rings. The lowest BCUT2D eigenvalue weighted by Crippen LogP contribution is -2.45. The smallest absolute Gasteiger partial charge is 0.307 e. The summed E-state index contributed by atoms with van der Waals surface area (Å²) >= 11 is 0. The van der Waals surface area contributed by atoms with Gasteiger partial charge in [-0.2, -0.15) is 5.10 Å². The number of rotatable bonds is 9. The van der Waals surface area contributed by atoms with Crippen molar-refractivity contribution in [2.45, 2.75) is 45.1 Å². The van der Waals surface area contributed by atoms with E-state index in [4.69, 9.17) is 5.11 Å². The van der Waals surface area contributed by atoms with Gasteiger partial charge in [-0.05, 0) is 26.7 Å². The van der Waals surface area contributed by atoms with Gasteiger partial charge in [0.15, 0.2) is 0 Å². The number of aliphatic carboxylic acids is 1. The third kappa shape index (κ3) is 4.83. The van der Waals surface area contributed by atoms with Crippen molar-refractivity contribution >= 4 is 17.6 Å². The number of carbonyl (C=O) groups excluding carboxylic acids is 1. The Labute approximate surface area is 127 Å². The molecule has 0 radical (unpaired) electrons. The zero-order valence-corrected chi connectivity index (χ0v) is 12.6. The Morgan fingerprint density at radius 2 is 2.09 bits per heavy atom. The maximum atomic E-state index is 12.1. The lowest BCUT2D eigenvalue weighted by molar-refractivity contribution is -0.385. The highest BCUT2D eigenvalue weighted by molar-refractivity contribution is 5.83. The number of unbranched alkanes of at least 4 members (excludes halogenated alkanes) is 2. The van der Waals surface area contributed by atoms with Crippen LogP contribution >= 0.6 is 0 Å². The number of nitrogens with zero attached hydrogens (tertiary/aromatic N) is 3. The molecule has 9 heteroatoms. The molecule has 0 aliphatic carbocycles. The Morgan fingerprint density at radius 3 is 2.64 bits per heavy atom. The van der Waals surface area contributed by atoms with Gasteiger partial charge in [-0.3, -0.25) is 24.4 Å². The minimum Gasteiger partial charge on any atom is -0.481 e. The number of carbonyl (C=O) groups is 2. The number of carboxylic acids is 1. The van der Waals surface area contributed by atoms with E-state index >= 15 is 0 Å². The van der Waals surface area contributed by atoms with E-state index in [9.17, 15) is 19.7 Å². The lowest BCUT2D eigenvalue weighted by Gasteiger charge is -2.23. The predicted octanol–water partition coefficient (Wildman–Crippen LogP) is 1.29. The Balaban J connectivity index is 2.45. The number of nitro groups is 1. The molecule has 1 heterocycles. The van der Waals surface area contributed by atoms with Gasteiger partial charge in [0.05, 0.1) is 4.92 Å². The molecule has 0 fully saturated rings. The fraction of sp³-hybridized carbons (Fsp3) is 0.615. The van der Waals surface area contributed by atoms with Crippen LogP contribution in [0.25, 0.3) is 0 Å². The van der Waals surface area contributed by atoms with E-state index in [2.05, 4.69) is 10.4 Å². The number of hydrogen-bond acceptors (Lipinski definition) is 5. The molecular formula is C13H20N4O5. The average Bonchev–Trinajstić information content (AvgIpc) is 2.92. The van der Waals surface area contributed by atoms with Gasteiger partial charge in [0, 0.05) is 13.0 Å². The van der Waals surface area contributed by atoms with Crippen LogP contribution in [0.3, 0.4) is 0 Å². The summed E-state index contributed by atoms with van der Waals surface area (Å²) in [7, 11) is 0. The Hall–Kier alpha value is -2.45. The van der Waals surface area contributed by atoms with E-state index in [0.29, 0.717) is 25.8 Å². The van der Waals surface area contributed by atoms with Gasteiger partial charge < -0.3 is 10.4 Å². The van der Waals surface area contributed by atoms with Crippen molar-refractivity contribution in [2.24, 2.45) is 0 Å². The molecule has 0 bridgehead atoms. The number of amides is 1. The minimum atomic E-state index is -1.05. The summed E-state index contributed by atoms with van der Waals surface area (Å²) in [6.45, 7) is 3.65. The molecule has 1 aromatic rings. The molecule has 1 amide bonds. The second kappa shape index (κ2) is 7.53. The van der Waals surface area contributed by atoms with Gasteiger partial charge in [-0.1, -0.05) is 6.42 Å². The molecule has 0 atom stereocenters. The standard InChI is InChI=1S/C13H20N4O5/c1-13(2,16-9-10(8-15-16)17(21)22)12(20)14-7-5-3-4-6-11(18)19/h8-9H,3-7H2,1-2H3,(H,14,20)(H,18,19). The second-order valence-corrected chi connectivity index (χ2v) is 5.42. The van der Waals surface area contributed by atoms with Crippen LogP contribution in [-0.2, 0) is 15.1 Å². The number of hydrogen-bond donors (Lipinski definition) is 2.